The molecule has 3 fully saturated rings. The van der Waals surface area contributed by atoms with E-state index in [4.69, 9.17) is 9.47 Å². The normalized spacial score (nSPS) is 19.3. The molecule has 1 aliphatic heterocycles. The molecule has 4 aromatic rings. The van der Waals surface area contributed by atoms with Crippen LogP contribution >= 0.6 is 0 Å². The average molecular weight is 485 g/mol. The number of hydrogen-bond acceptors (Lipinski definition) is 5. The number of hydrogen-bond donors (Lipinski definition) is 2. The van der Waals surface area contributed by atoms with E-state index in [1.165, 1.54) is 30.3 Å². The van der Waals surface area contributed by atoms with Crippen molar-refractivity contribution >= 4 is 21.7 Å². The van der Waals surface area contributed by atoms with Crippen LogP contribution in [0.25, 0.3) is 21.7 Å². The van der Waals surface area contributed by atoms with E-state index < -0.39 is 0 Å². The summed E-state index contributed by atoms with van der Waals surface area (Å²) in [7, 11) is 0. The smallest absolute Gasteiger partial charge is 0.260 e. The lowest BCUT2D eigenvalue weighted by Crippen LogP contribution is -2.56. The van der Waals surface area contributed by atoms with E-state index in [1.54, 1.807) is 17.0 Å². The lowest BCUT2D eigenvalue weighted by atomic mass is 9.65. The predicted octanol–water partition coefficient (Wildman–Crippen LogP) is 4.37. The van der Waals surface area contributed by atoms with Gasteiger partial charge >= 0.3 is 0 Å². The van der Waals surface area contributed by atoms with Gasteiger partial charge < -0.3 is 24.3 Å². The fourth-order valence-electron chi connectivity index (χ4n) is 5.93. The van der Waals surface area contributed by atoms with Gasteiger partial charge in [0.05, 0.1) is 31.3 Å². The molecule has 7 rings (SSSR count). The van der Waals surface area contributed by atoms with Crippen LogP contribution in [-0.2, 0) is 17.8 Å². The average Bonchev–Trinajstić information content (AvgIpc) is 3.20. The van der Waals surface area contributed by atoms with E-state index in [1.807, 2.05) is 12.3 Å². The molecule has 2 saturated carbocycles. The van der Waals surface area contributed by atoms with Gasteiger partial charge in [0.2, 0.25) is 0 Å². The summed E-state index contributed by atoms with van der Waals surface area (Å²) in [6.45, 7) is 4.16. The van der Waals surface area contributed by atoms with Gasteiger partial charge in [0, 0.05) is 41.0 Å². The standard InChI is InChI=1S/C29H32N4O3/c34-28-25-14-31-15-27(36-23-10-29(11-23)17-35-18-29)24(25)6-7-33(28)16-20-4-5-21-9-22(32-26(21)8-20)13-30-12-19-2-1-3-19/h4-9,14-15,19,23,30,32H,1-3,10-13,16-18H2. The molecule has 2 N–H and O–H groups in total. The van der Waals surface area contributed by atoms with Gasteiger partial charge in [0.25, 0.3) is 5.56 Å². The number of fused-ring (bicyclic) bond motifs is 2. The van der Waals surface area contributed by atoms with Crippen molar-refractivity contribution in [2.24, 2.45) is 11.3 Å². The van der Waals surface area contributed by atoms with Crippen molar-refractivity contribution in [3.8, 4) is 5.75 Å². The lowest BCUT2D eigenvalue weighted by Gasteiger charge is -2.52. The monoisotopic (exact) mass is 484 g/mol. The Bertz CT molecular complexity index is 1470. The Kier molecular flexibility index (Phi) is 5.36. The zero-order valence-corrected chi connectivity index (χ0v) is 20.5. The molecule has 0 unspecified atom stereocenters. The molecule has 3 aromatic heterocycles. The summed E-state index contributed by atoms with van der Waals surface area (Å²) in [5.41, 5.74) is 3.68. The SMILES string of the molecule is O=c1c2cncc(OC3CC4(COC4)C3)c2ccn1Cc1ccc2cc(CNCC3CCC3)[nH]c2c1. The Hall–Kier alpha value is -3.16. The highest BCUT2D eigenvalue weighted by Crippen LogP contribution is 2.48. The Labute approximate surface area is 209 Å². The first kappa shape index (κ1) is 22.1. The third-order valence-electron chi connectivity index (χ3n) is 8.36. The fourth-order valence-corrected chi connectivity index (χ4v) is 5.93. The maximum atomic E-state index is 13.3. The number of ether oxygens (including phenoxy) is 2. The maximum Gasteiger partial charge on any atom is 0.260 e. The summed E-state index contributed by atoms with van der Waals surface area (Å²) in [5.74, 6) is 1.55. The zero-order valence-electron chi connectivity index (χ0n) is 20.5. The highest BCUT2D eigenvalue weighted by Gasteiger charge is 2.51. The molecular weight excluding hydrogens is 452 g/mol. The van der Waals surface area contributed by atoms with Crippen molar-refractivity contribution in [1.29, 1.82) is 0 Å². The van der Waals surface area contributed by atoms with Crippen molar-refractivity contribution in [1.82, 2.24) is 19.9 Å². The third kappa shape index (κ3) is 4.00. The topological polar surface area (TPSA) is 81.2 Å². The second kappa shape index (κ2) is 8.75. The van der Waals surface area contributed by atoms with E-state index in [2.05, 4.69) is 39.6 Å². The first-order chi connectivity index (χ1) is 17.6. The zero-order chi connectivity index (χ0) is 24.1. The maximum absolute atomic E-state index is 13.3. The van der Waals surface area contributed by atoms with Crippen molar-refractivity contribution in [2.75, 3.05) is 19.8 Å². The minimum atomic E-state index is -0.0459. The number of nitrogens with one attached hydrogen (secondary N) is 2. The Balaban J connectivity index is 1.07. The quantitative estimate of drug-likeness (QED) is 0.388. The number of H-pyrrole nitrogens is 1. The summed E-state index contributed by atoms with van der Waals surface area (Å²) in [5, 5.41) is 6.20. The van der Waals surface area contributed by atoms with Crippen LogP contribution in [0.5, 0.6) is 5.75 Å². The van der Waals surface area contributed by atoms with Crippen molar-refractivity contribution in [3.63, 3.8) is 0 Å². The first-order valence-electron chi connectivity index (χ1n) is 13.2. The van der Waals surface area contributed by atoms with E-state index in [-0.39, 0.29) is 11.7 Å². The van der Waals surface area contributed by atoms with Gasteiger partial charge in [-0.1, -0.05) is 18.6 Å². The highest BCUT2D eigenvalue weighted by atomic mass is 16.5. The van der Waals surface area contributed by atoms with E-state index >= 15 is 0 Å². The van der Waals surface area contributed by atoms with Crippen LogP contribution in [0, 0.1) is 11.3 Å². The number of aromatic nitrogens is 3. The molecule has 1 spiro atoms. The van der Waals surface area contributed by atoms with Gasteiger partial charge in [-0.05, 0) is 67.3 Å². The lowest BCUT2D eigenvalue weighted by molar-refractivity contribution is -0.191. The summed E-state index contributed by atoms with van der Waals surface area (Å²) in [6, 6.07) is 10.6. The molecule has 1 saturated heterocycles. The van der Waals surface area contributed by atoms with Crippen LogP contribution in [0.4, 0.5) is 0 Å². The van der Waals surface area contributed by atoms with Crippen LogP contribution in [-0.4, -0.2) is 40.4 Å². The van der Waals surface area contributed by atoms with Gasteiger partial charge in [-0.25, -0.2) is 0 Å². The second-order valence-corrected chi connectivity index (χ2v) is 11.1. The second-order valence-electron chi connectivity index (χ2n) is 11.1. The summed E-state index contributed by atoms with van der Waals surface area (Å²) in [6.07, 6.45) is 11.6. The third-order valence-corrected chi connectivity index (χ3v) is 8.36. The molecule has 0 amide bonds. The first-order valence-corrected chi connectivity index (χ1v) is 13.2. The van der Waals surface area contributed by atoms with Crippen molar-refractivity contribution < 1.29 is 9.47 Å². The summed E-state index contributed by atoms with van der Waals surface area (Å²) in [4.78, 5) is 21.2. The van der Waals surface area contributed by atoms with E-state index in [0.717, 1.165) is 61.5 Å². The van der Waals surface area contributed by atoms with E-state index in [0.29, 0.717) is 23.1 Å². The van der Waals surface area contributed by atoms with Crippen LogP contribution < -0.4 is 15.6 Å². The van der Waals surface area contributed by atoms with Crippen LogP contribution in [0.3, 0.4) is 0 Å². The summed E-state index contributed by atoms with van der Waals surface area (Å²) >= 11 is 0. The molecule has 7 nitrogen and oxygen atoms in total. The van der Waals surface area contributed by atoms with E-state index in [9.17, 15) is 4.79 Å². The van der Waals surface area contributed by atoms with Gasteiger partial charge in [-0.2, -0.15) is 0 Å². The fraction of sp³-hybridized carbons (Fsp3) is 0.448. The molecule has 2 aliphatic carbocycles. The largest absolute Gasteiger partial charge is 0.488 e. The number of aromatic amines is 1. The molecule has 1 aromatic carbocycles. The molecule has 4 heterocycles. The van der Waals surface area contributed by atoms with Crippen LogP contribution in [0.2, 0.25) is 0 Å². The van der Waals surface area contributed by atoms with Gasteiger partial charge in [-0.15, -0.1) is 0 Å². The Morgan fingerprint density at radius 2 is 2.03 bits per heavy atom. The Morgan fingerprint density at radius 1 is 1.14 bits per heavy atom. The van der Waals surface area contributed by atoms with Gasteiger partial charge in [0.15, 0.2) is 0 Å². The van der Waals surface area contributed by atoms with Crippen LogP contribution in [0.15, 0.2) is 53.7 Å². The van der Waals surface area contributed by atoms with Crippen LogP contribution in [0.1, 0.15) is 43.4 Å². The minimum Gasteiger partial charge on any atom is -0.488 e. The molecular formula is C29H32N4O3. The molecule has 36 heavy (non-hydrogen) atoms. The van der Waals surface area contributed by atoms with Crippen molar-refractivity contribution in [2.45, 2.75) is 51.3 Å². The minimum absolute atomic E-state index is 0.0459. The molecule has 0 atom stereocenters. The number of nitrogens with zero attached hydrogens (tertiary/aromatic N) is 2. The molecule has 0 radical (unpaired) electrons. The molecule has 7 heteroatoms. The number of rotatable bonds is 8. The summed E-state index contributed by atoms with van der Waals surface area (Å²) < 4.78 is 13.4. The predicted molar refractivity (Wildman–Crippen MR) is 139 cm³/mol. The highest BCUT2D eigenvalue weighted by molar-refractivity contribution is 5.86. The van der Waals surface area contributed by atoms with Gasteiger partial charge in [-0.3, -0.25) is 9.78 Å². The molecule has 0 bridgehead atoms. The van der Waals surface area contributed by atoms with Gasteiger partial charge in [0.1, 0.15) is 11.9 Å². The Morgan fingerprint density at radius 3 is 2.81 bits per heavy atom. The molecule has 186 valence electrons. The number of benzene rings is 1. The molecule has 3 aliphatic rings. The van der Waals surface area contributed by atoms with Crippen molar-refractivity contribution in [3.05, 3.63) is 70.5 Å². The number of pyridine rings is 2.